The number of carbonyl (C=O) groups is 1. The molecule has 1 amide bonds. The Balaban J connectivity index is 1.42. The Kier molecular flexibility index (Phi) is 4.38. The van der Waals surface area contributed by atoms with Crippen LogP contribution in [0.15, 0.2) is 59.6 Å². The average molecular weight is 365 g/mol. The fraction of sp³-hybridized carbons (Fsp3) is 0.105. The van der Waals surface area contributed by atoms with Gasteiger partial charge in [-0.15, -0.1) is 0 Å². The lowest BCUT2D eigenvalue weighted by atomic mass is 10.2. The summed E-state index contributed by atoms with van der Waals surface area (Å²) in [5, 5.41) is 5.45. The SMILES string of the molecule is Cc1ccc2nc(NC(=O)CSc3ccc4ccccc4n3)sc2c1. The van der Waals surface area contributed by atoms with E-state index in [1.54, 1.807) is 0 Å². The summed E-state index contributed by atoms with van der Waals surface area (Å²) in [7, 11) is 0. The number of benzene rings is 2. The fourth-order valence-electron chi connectivity index (χ4n) is 2.51. The number of nitrogens with zero attached hydrogens (tertiary/aromatic N) is 2. The first-order chi connectivity index (χ1) is 12.2. The van der Waals surface area contributed by atoms with Crippen LogP contribution >= 0.6 is 23.1 Å². The smallest absolute Gasteiger partial charge is 0.236 e. The van der Waals surface area contributed by atoms with Gasteiger partial charge in [-0.25, -0.2) is 9.97 Å². The van der Waals surface area contributed by atoms with Gasteiger partial charge in [0.25, 0.3) is 0 Å². The summed E-state index contributed by atoms with van der Waals surface area (Å²) < 4.78 is 1.08. The van der Waals surface area contributed by atoms with Crippen LogP contribution in [-0.4, -0.2) is 21.6 Å². The number of aromatic nitrogens is 2. The van der Waals surface area contributed by atoms with Crippen molar-refractivity contribution in [3.8, 4) is 0 Å². The van der Waals surface area contributed by atoms with Gasteiger partial charge in [0.2, 0.25) is 5.91 Å². The lowest BCUT2D eigenvalue weighted by Gasteiger charge is -2.03. The predicted octanol–water partition coefficient (Wildman–Crippen LogP) is 4.88. The number of hydrogen-bond acceptors (Lipinski definition) is 5. The van der Waals surface area contributed by atoms with Crippen LogP contribution in [0.2, 0.25) is 0 Å². The largest absolute Gasteiger partial charge is 0.301 e. The van der Waals surface area contributed by atoms with Gasteiger partial charge in [0, 0.05) is 5.39 Å². The number of amides is 1. The highest BCUT2D eigenvalue weighted by Crippen LogP contribution is 2.27. The van der Waals surface area contributed by atoms with Crippen LogP contribution in [-0.2, 0) is 4.79 Å². The molecule has 0 atom stereocenters. The van der Waals surface area contributed by atoms with E-state index in [9.17, 15) is 4.79 Å². The van der Waals surface area contributed by atoms with E-state index in [1.165, 1.54) is 28.7 Å². The second kappa shape index (κ2) is 6.82. The van der Waals surface area contributed by atoms with Crippen LogP contribution in [0, 0.1) is 6.92 Å². The van der Waals surface area contributed by atoms with Gasteiger partial charge in [0.15, 0.2) is 5.13 Å². The Morgan fingerprint density at radius 2 is 1.96 bits per heavy atom. The second-order valence-corrected chi connectivity index (χ2v) is 7.70. The van der Waals surface area contributed by atoms with Gasteiger partial charge in [-0.3, -0.25) is 4.79 Å². The molecule has 25 heavy (non-hydrogen) atoms. The van der Waals surface area contributed by atoms with Crippen molar-refractivity contribution < 1.29 is 4.79 Å². The number of thioether (sulfide) groups is 1. The Morgan fingerprint density at radius 3 is 2.88 bits per heavy atom. The van der Waals surface area contributed by atoms with Gasteiger partial charge in [-0.1, -0.05) is 53.4 Å². The van der Waals surface area contributed by atoms with Gasteiger partial charge in [0.1, 0.15) is 0 Å². The van der Waals surface area contributed by atoms with E-state index >= 15 is 0 Å². The van der Waals surface area contributed by atoms with Crippen molar-refractivity contribution in [2.45, 2.75) is 11.9 Å². The van der Waals surface area contributed by atoms with Crippen molar-refractivity contribution in [2.75, 3.05) is 11.1 Å². The number of thiazole rings is 1. The summed E-state index contributed by atoms with van der Waals surface area (Å²) >= 11 is 2.92. The maximum atomic E-state index is 12.2. The third-order valence-corrected chi connectivity index (χ3v) is 5.58. The minimum atomic E-state index is -0.0734. The van der Waals surface area contributed by atoms with E-state index in [1.807, 2.05) is 55.5 Å². The molecule has 0 bridgehead atoms. The molecular formula is C19H15N3OS2. The summed E-state index contributed by atoms with van der Waals surface area (Å²) in [5.41, 5.74) is 3.04. The lowest BCUT2D eigenvalue weighted by Crippen LogP contribution is -2.13. The Labute approximate surface area is 153 Å². The van der Waals surface area contributed by atoms with E-state index < -0.39 is 0 Å². The molecule has 1 N–H and O–H groups in total. The summed E-state index contributed by atoms with van der Waals surface area (Å²) in [6, 6.07) is 18.0. The number of rotatable bonds is 4. The molecule has 4 nitrogen and oxygen atoms in total. The fourth-order valence-corrected chi connectivity index (χ4v) is 4.17. The minimum absolute atomic E-state index is 0.0734. The van der Waals surface area contributed by atoms with Crippen LogP contribution in [0.5, 0.6) is 0 Å². The normalized spacial score (nSPS) is 11.1. The molecule has 0 aliphatic carbocycles. The first-order valence-electron chi connectivity index (χ1n) is 7.83. The molecule has 124 valence electrons. The second-order valence-electron chi connectivity index (χ2n) is 5.67. The predicted molar refractivity (Wildman–Crippen MR) is 105 cm³/mol. The van der Waals surface area contributed by atoms with Crippen molar-refractivity contribution in [1.82, 2.24) is 9.97 Å². The average Bonchev–Trinajstić information content (AvgIpc) is 3.01. The van der Waals surface area contributed by atoms with Crippen LogP contribution < -0.4 is 5.32 Å². The van der Waals surface area contributed by atoms with E-state index in [0.29, 0.717) is 10.9 Å². The quantitative estimate of drug-likeness (QED) is 0.524. The first-order valence-corrected chi connectivity index (χ1v) is 9.63. The molecule has 0 saturated carbocycles. The molecule has 0 aliphatic heterocycles. The molecule has 0 aliphatic rings. The van der Waals surface area contributed by atoms with Crippen molar-refractivity contribution >= 4 is 55.3 Å². The van der Waals surface area contributed by atoms with E-state index in [2.05, 4.69) is 21.4 Å². The molecule has 2 aromatic carbocycles. The van der Waals surface area contributed by atoms with Gasteiger partial charge >= 0.3 is 0 Å². The highest BCUT2D eigenvalue weighted by Gasteiger charge is 2.09. The lowest BCUT2D eigenvalue weighted by molar-refractivity contribution is -0.113. The summed E-state index contributed by atoms with van der Waals surface area (Å²) in [6.45, 7) is 2.05. The number of nitrogens with one attached hydrogen (secondary N) is 1. The number of para-hydroxylation sites is 1. The third kappa shape index (κ3) is 3.65. The molecule has 2 heterocycles. The zero-order chi connectivity index (χ0) is 17.2. The highest BCUT2D eigenvalue weighted by atomic mass is 32.2. The Morgan fingerprint density at radius 1 is 1.08 bits per heavy atom. The minimum Gasteiger partial charge on any atom is -0.301 e. The number of aryl methyl sites for hydroxylation is 1. The monoisotopic (exact) mass is 365 g/mol. The number of pyridine rings is 1. The molecule has 6 heteroatoms. The van der Waals surface area contributed by atoms with Gasteiger partial charge in [-0.2, -0.15) is 0 Å². The maximum absolute atomic E-state index is 12.2. The Bertz CT molecular complexity index is 1070. The van der Waals surface area contributed by atoms with Crippen molar-refractivity contribution in [2.24, 2.45) is 0 Å². The van der Waals surface area contributed by atoms with E-state index in [-0.39, 0.29) is 5.91 Å². The van der Waals surface area contributed by atoms with Gasteiger partial charge in [-0.05, 0) is 36.8 Å². The standard InChI is InChI=1S/C19H15N3OS2/c1-12-6-8-15-16(10-12)25-19(21-15)22-17(23)11-24-18-9-7-13-4-2-3-5-14(13)20-18/h2-10H,11H2,1H3,(H,21,22,23). The number of carbonyl (C=O) groups excluding carboxylic acids is 1. The molecule has 4 aromatic rings. The molecule has 0 saturated heterocycles. The van der Waals surface area contributed by atoms with E-state index in [4.69, 9.17) is 0 Å². The number of fused-ring (bicyclic) bond motifs is 2. The van der Waals surface area contributed by atoms with Crippen molar-refractivity contribution in [1.29, 1.82) is 0 Å². The molecule has 0 spiro atoms. The van der Waals surface area contributed by atoms with Crippen molar-refractivity contribution in [3.63, 3.8) is 0 Å². The summed E-state index contributed by atoms with van der Waals surface area (Å²) in [6.07, 6.45) is 0. The van der Waals surface area contributed by atoms with Crippen LogP contribution in [0.1, 0.15) is 5.56 Å². The molecule has 4 rings (SSSR count). The first kappa shape index (κ1) is 16.1. The maximum Gasteiger partial charge on any atom is 0.236 e. The summed E-state index contributed by atoms with van der Waals surface area (Å²) in [4.78, 5) is 21.2. The molecule has 0 fully saturated rings. The topological polar surface area (TPSA) is 54.9 Å². The molecule has 2 aromatic heterocycles. The number of hydrogen-bond donors (Lipinski definition) is 1. The zero-order valence-electron chi connectivity index (χ0n) is 13.5. The van der Waals surface area contributed by atoms with Crippen molar-refractivity contribution in [3.05, 3.63) is 60.2 Å². The third-order valence-electron chi connectivity index (χ3n) is 3.71. The van der Waals surface area contributed by atoms with Crippen LogP contribution in [0.3, 0.4) is 0 Å². The van der Waals surface area contributed by atoms with Gasteiger partial charge in [0.05, 0.1) is 26.5 Å². The van der Waals surface area contributed by atoms with Crippen LogP contribution in [0.4, 0.5) is 5.13 Å². The van der Waals surface area contributed by atoms with Gasteiger partial charge < -0.3 is 5.32 Å². The molecule has 0 unspecified atom stereocenters. The van der Waals surface area contributed by atoms with E-state index in [0.717, 1.165) is 26.1 Å². The summed E-state index contributed by atoms with van der Waals surface area (Å²) in [5.74, 6) is 0.232. The van der Waals surface area contributed by atoms with Crippen LogP contribution in [0.25, 0.3) is 21.1 Å². The highest BCUT2D eigenvalue weighted by molar-refractivity contribution is 7.99. The number of anilines is 1. The molecular weight excluding hydrogens is 350 g/mol. The zero-order valence-corrected chi connectivity index (χ0v) is 15.2. The molecule has 0 radical (unpaired) electrons. The Hall–Kier alpha value is -2.44.